The number of amides is 1. The molecule has 8 heteroatoms. The third kappa shape index (κ3) is 6.71. The highest BCUT2D eigenvalue weighted by Crippen LogP contribution is 2.35. The number of guanidine groups is 1. The molecule has 7 nitrogen and oxygen atoms in total. The number of hydrogen-bond donors (Lipinski definition) is 1. The molecular formula is C23H38IN5O2. The molecule has 0 aromatic heterocycles. The molecule has 2 aliphatic heterocycles. The molecule has 1 aromatic carbocycles. The van der Waals surface area contributed by atoms with E-state index in [4.69, 9.17) is 9.73 Å². The zero-order chi connectivity index (χ0) is 21.5. The molecule has 2 fully saturated rings. The first-order valence-electron chi connectivity index (χ1n) is 11.2. The maximum atomic E-state index is 11.6. The minimum Gasteiger partial charge on any atom is -0.497 e. The van der Waals surface area contributed by atoms with Crippen molar-refractivity contribution >= 4 is 35.8 Å². The number of carbonyl (C=O) groups excluding carboxylic acids is 1. The number of hydrogen-bond acceptors (Lipinski definition) is 4. The number of likely N-dealkylation sites (tertiary alicyclic amines) is 1. The number of halogens is 1. The average Bonchev–Trinajstić information content (AvgIpc) is 2.77. The number of piperazine rings is 1. The van der Waals surface area contributed by atoms with E-state index in [9.17, 15) is 4.79 Å². The third-order valence-electron chi connectivity index (χ3n) is 6.30. The van der Waals surface area contributed by atoms with Gasteiger partial charge < -0.3 is 19.9 Å². The molecule has 0 saturated carbocycles. The van der Waals surface area contributed by atoms with Gasteiger partial charge in [0.05, 0.1) is 7.11 Å². The van der Waals surface area contributed by atoms with E-state index in [0.29, 0.717) is 12.0 Å². The molecule has 3 rings (SSSR count). The normalized spacial score (nSPS) is 22.6. The summed E-state index contributed by atoms with van der Waals surface area (Å²) in [6.07, 6.45) is 2.39. The Bertz CT molecular complexity index is 719. The Balaban J connectivity index is 0.00000341. The molecule has 31 heavy (non-hydrogen) atoms. The van der Waals surface area contributed by atoms with Crippen molar-refractivity contribution in [3.8, 4) is 5.75 Å². The fourth-order valence-electron chi connectivity index (χ4n) is 4.64. The van der Waals surface area contributed by atoms with Crippen LogP contribution in [0.5, 0.6) is 5.75 Å². The summed E-state index contributed by atoms with van der Waals surface area (Å²) in [6, 6.07) is 8.85. The molecule has 2 aliphatic rings. The van der Waals surface area contributed by atoms with Crippen molar-refractivity contribution in [2.24, 2.45) is 10.9 Å². The lowest BCUT2D eigenvalue weighted by Crippen LogP contribution is -2.53. The largest absolute Gasteiger partial charge is 0.497 e. The van der Waals surface area contributed by atoms with Crippen LogP contribution in [-0.4, -0.2) is 86.5 Å². The van der Waals surface area contributed by atoms with E-state index in [2.05, 4.69) is 53.4 Å². The Morgan fingerprint density at radius 2 is 1.77 bits per heavy atom. The van der Waals surface area contributed by atoms with Crippen LogP contribution in [0.1, 0.15) is 38.3 Å². The summed E-state index contributed by atoms with van der Waals surface area (Å²) in [6.45, 7) is 9.71. The predicted molar refractivity (Wildman–Crippen MR) is 136 cm³/mol. The summed E-state index contributed by atoms with van der Waals surface area (Å²) >= 11 is 0. The Labute approximate surface area is 204 Å². The molecule has 0 bridgehead atoms. The highest BCUT2D eigenvalue weighted by Gasteiger charge is 2.31. The fourth-order valence-corrected chi connectivity index (χ4v) is 4.64. The second-order valence-electron chi connectivity index (χ2n) is 8.29. The van der Waals surface area contributed by atoms with Gasteiger partial charge in [0.2, 0.25) is 5.91 Å². The molecule has 0 aliphatic carbocycles. The Morgan fingerprint density at radius 3 is 2.35 bits per heavy atom. The van der Waals surface area contributed by atoms with Gasteiger partial charge >= 0.3 is 0 Å². The number of nitrogens with one attached hydrogen (secondary N) is 1. The molecule has 1 aromatic rings. The van der Waals surface area contributed by atoms with Crippen LogP contribution in [0.4, 0.5) is 0 Å². The van der Waals surface area contributed by atoms with E-state index in [-0.39, 0.29) is 29.9 Å². The van der Waals surface area contributed by atoms with Crippen LogP contribution in [0.15, 0.2) is 29.3 Å². The monoisotopic (exact) mass is 543 g/mol. The maximum absolute atomic E-state index is 11.6. The zero-order valence-corrected chi connectivity index (χ0v) is 21.7. The molecule has 1 amide bonds. The Hall–Kier alpha value is -1.55. The highest BCUT2D eigenvalue weighted by atomic mass is 127. The SMILES string of the molecule is CCNC(=NCC1CCCN(C)C1c1ccc(OC)cc1)N1CCN(C(C)=O)CC1.I. The average molecular weight is 543 g/mol. The topological polar surface area (TPSA) is 60.4 Å². The van der Waals surface area contributed by atoms with E-state index in [0.717, 1.165) is 57.5 Å². The van der Waals surface area contributed by atoms with Crippen molar-refractivity contribution in [3.05, 3.63) is 29.8 Å². The van der Waals surface area contributed by atoms with Crippen LogP contribution in [0.2, 0.25) is 0 Å². The van der Waals surface area contributed by atoms with Crippen LogP contribution in [0.3, 0.4) is 0 Å². The van der Waals surface area contributed by atoms with Gasteiger partial charge in [-0.2, -0.15) is 0 Å². The Morgan fingerprint density at radius 1 is 1.13 bits per heavy atom. The van der Waals surface area contributed by atoms with Gasteiger partial charge in [-0.05, 0) is 57.0 Å². The summed E-state index contributed by atoms with van der Waals surface area (Å²) in [5.74, 6) is 2.50. The number of ether oxygens (including phenoxy) is 1. The zero-order valence-electron chi connectivity index (χ0n) is 19.3. The molecule has 0 spiro atoms. The van der Waals surface area contributed by atoms with Gasteiger partial charge in [0.1, 0.15) is 5.75 Å². The van der Waals surface area contributed by atoms with E-state index in [1.165, 1.54) is 18.4 Å². The number of rotatable bonds is 5. The van der Waals surface area contributed by atoms with Gasteiger partial charge in [-0.15, -0.1) is 24.0 Å². The third-order valence-corrected chi connectivity index (χ3v) is 6.30. The van der Waals surface area contributed by atoms with Gasteiger partial charge in [-0.25, -0.2) is 0 Å². The van der Waals surface area contributed by atoms with Crippen molar-refractivity contribution in [2.75, 3.05) is 60.0 Å². The first-order chi connectivity index (χ1) is 14.5. The minimum atomic E-state index is 0. The molecule has 2 unspecified atom stereocenters. The number of carbonyl (C=O) groups is 1. The van der Waals surface area contributed by atoms with Crippen molar-refractivity contribution in [2.45, 2.75) is 32.7 Å². The van der Waals surface area contributed by atoms with Crippen LogP contribution in [0.25, 0.3) is 0 Å². The Kier molecular flexibility index (Phi) is 10.3. The predicted octanol–water partition coefficient (Wildman–Crippen LogP) is 2.83. The van der Waals surface area contributed by atoms with Crippen LogP contribution < -0.4 is 10.1 Å². The lowest BCUT2D eigenvalue weighted by molar-refractivity contribution is -0.130. The molecule has 174 valence electrons. The van der Waals surface area contributed by atoms with E-state index in [1.54, 1.807) is 14.0 Å². The van der Waals surface area contributed by atoms with Crippen LogP contribution in [-0.2, 0) is 4.79 Å². The summed E-state index contributed by atoms with van der Waals surface area (Å²) in [5.41, 5.74) is 1.33. The number of methoxy groups -OCH3 is 1. The summed E-state index contributed by atoms with van der Waals surface area (Å²) in [5, 5.41) is 3.46. The lowest BCUT2D eigenvalue weighted by atomic mass is 9.85. The smallest absolute Gasteiger partial charge is 0.219 e. The molecule has 2 heterocycles. The van der Waals surface area contributed by atoms with E-state index < -0.39 is 0 Å². The standard InChI is InChI=1S/C23H37N5O2.HI/c1-5-24-23(28-15-13-27(14-16-28)18(2)29)25-17-20-7-6-12-26(3)22(20)19-8-10-21(30-4)11-9-19;/h8-11,20,22H,5-7,12-17H2,1-4H3,(H,24,25);1H. The van der Waals surface area contributed by atoms with Gasteiger partial charge in [0.15, 0.2) is 5.96 Å². The minimum absolute atomic E-state index is 0. The number of nitrogens with zero attached hydrogens (tertiary/aromatic N) is 4. The second-order valence-corrected chi connectivity index (χ2v) is 8.29. The quantitative estimate of drug-likeness (QED) is 0.352. The molecule has 0 radical (unpaired) electrons. The van der Waals surface area contributed by atoms with Crippen molar-refractivity contribution in [3.63, 3.8) is 0 Å². The van der Waals surface area contributed by atoms with Gasteiger partial charge in [-0.3, -0.25) is 14.7 Å². The molecule has 2 atom stereocenters. The number of aliphatic imine (C=N–C) groups is 1. The van der Waals surface area contributed by atoms with Gasteiger partial charge in [0.25, 0.3) is 0 Å². The highest BCUT2D eigenvalue weighted by molar-refractivity contribution is 14.0. The summed E-state index contributed by atoms with van der Waals surface area (Å²) in [4.78, 5) is 23.3. The fraction of sp³-hybridized carbons (Fsp3) is 0.652. The first kappa shape index (κ1) is 25.7. The number of piperidine rings is 1. The lowest BCUT2D eigenvalue weighted by Gasteiger charge is -2.40. The van der Waals surface area contributed by atoms with Crippen molar-refractivity contribution in [1.82, 2.24) is 20.0 Å². The molecule has 1 N–H and O–H groups in total. The van der Waals surface area contributed by atoms with Crippen LogP contribution in [0, 0.1) is 5.92 Å². The van der Waals surface area contributed by atoms with Gasteiger partial charge in [0, 0.05) is 52.2 Å². The second kappa shape index (κ2) is 12.5. The molecule has 2 saturated heterocycles. The number of benzene rings is 1. The summed E-state index contributed by atoms with van der Waals surface area (Å²) < 4.78 is 5.33. The van der Waals surface area contributed by atoms with Gasteiger partial charge in [-0.1, -0.05) is 12.1 Å². The first-order valence-corrected chi connectivity index (χ1v) is 11.2. The van der Waals surface area contributed by atoms with E-state index >= 15 is 0 Å². The van der Waals surface area contributed by atoms with Crippen molar-refractivity contribution < 1.29 is 9.53 Å². The van der Waals surface area contributed by atoms with Crippen molar-refractivity contribution in [1.29, 1.82) is 0 Å². The maximum Gasteiger partial charge on any atom is 0.219 e. The van der Waals surface area contributed by atoms with E-state index in [1.807, 2.05) is 4.90 Å². The molecular weight excluding hydrogens is 505 g/mol. The van der Waals surface area contributed by atoms with Crippen LogP contribution >= 0.6 is 24.0 Å². The summed E-state index contributed by atoms with van der Waals surface area (Å²) in [7, 11) is 3.93.